The van der Waals surface area contributed by atoms with Gasteiger partial charge in [-0.2, -0.15) is 5.10 Å². The number of hydrazone groups is 1. The number of hydrogen-bond donors (Lipinski definition) is 1. The third-order valence-electron chi connectivity index (χ3n) is 7.15. The number of carbonyl (C=O) groups is 2. The molecule has 3 amide bonds. The normalized spacial score (nSPS) is 18.2. The minimum atomic E-state index is -0.425. The van der Waals surface area contributed by atoms with Crippen LogP contribution < -0.4 is 5.32 Å². The number of benzene rings is 2. The van der Waals surface area contributed by atoms with Crippen molar-refractivity contribution in [1.29, 1.82) is 0 Å². The van der Waals surface area contributed by atoms with Gasteiger partial charge < -0.3 is 15.0 Å². The number of morpholine rings is 1. The number of ether oxygens (including phenoxy) is 1. The van der Waals surface area contributed by atoms with Crippen molar-refractivity contribution in [2.45, 2.75) is 52.6 Å². The molecule has 39 heavy (non-hydrogen) atoms. The van der Waals surface area contributed by atoms with Crippen LogP contribution in [0.15, 0.2) is 47.6 Å². The fraction of sp³-hybridized carbons (Fsp3) is 0.500. The fourth-order valence-electron chi connectivity index (χ4n) is 4.76. The van der Waals surface area contributed by atoms with E-state index in [2.05, 4.69) is 42.3 Å². The zero-order valence-electron chi connectivity index (χ0n) is 23.7. The van der Waals surface area contributed by atoms with Crippen LogP contribution >= 0.6 is 11.6 Å². The van der Waals surface area contributed by atoms with E-state index in [1.165, 1.54) is 11.1 Å². The first kappa shape index (κ1) is 29.1. The Labute approximate surface area is 236 Å². The van der Waals surface area contributed by atoms with Crippen LogP contribution in [0.2, 0.25) is 5.02 Å². The number of aryl methyl sites for hydroxylation is 2. The molecule has 2 aliphatic heterocycles. The van der Waals surface area contributed by atoms with Gasteiger partial charge in [0.05, 0.1) is 25.0 Å². The second-order valence-electron chi connectivity index (χ2n) is 11.4. The molecule has 0 radical (unpaired) electrons. The van der Waals surface area contributed by atoms with Crippen molar-refractivity contribution in [2.24, 2.45) is 5.10 Å². The maximum Gasteiger partial charge on any atom is 0.318 e. The number of urea groups is 1. The van der Waals surface area contributed by atoms with E-state index in [4.69, 9.17) is 21.4 Å². The van der Waals surface area contributed by atoms with E-state index < -0.39 is 5.54 Å². The van der Waals surface area contributed by atoms with Gasteiger partial charge in [0.2, 0.25) is 0 Å². The van der Waals surface area contributed by atoms with Crippen LogP contribution in [0.3, 0.4) is 0 Å². The van der Waals surface area contributed by atoms with Crippen molar-refractivity contribution in [2.75, 3.05) is 45.9 Å². The highest BCUT2D eigenvalue weighted by atomic mass is 35.5. The van der Waals surface area contributed by atoms with Crippen LogP contribution in [0.1, 0.15) is 55.5 Å². The first-order valence-electron chi connectivity index (χ1n) is 13.6. The molecular weight excluding hydrogens is 514 g/mol. The molecule has 8 nitrogen and oxygen atoms in total. The van der Waals surface area contributed by atoms with Gasteiger partial charge in [-0.25, -0.2) is 9.80 Å². The van der Waals surface area contributed by atoms with Crippen LogP contribution in [0.4, 0.5) is 4.79 Å². The van der Waals surface area contributed by atoms with Gasteiger partial charge >= 0.3 is 6.03 Å². The van der Waals surface area contributed by atoms with Gasteiger partial charge in [0.25, 0.3) is 5.91 Å². The summed E-state index contributed by atoms with van der Waals surface area (Å²) in [7, 11) is 0. The maximum absolute atomic E-state index is 13.9. The number of rotatable bonds is 7. The molecule has 210 valence electrons. The number of halogens is 1. The number of hydrogen-bond acceptors (Lipinski definition) is 5. The zero-order chi connectivity index (χ0) is 28.2. The molecule has 1 fully saturated rings. The maximum atomic E-state index is 13.9. The molecule has 2 aromatic carbocycles. The Hall–Kier alpha value is -2.94. The molecule has 1 unspecified atom stereocenters. The Kier molecular flexibility index (Phi) is 9.31. The van der Waals surface area contributed by atoms with Gasteiger partial charge in [-0.1, -0.05) is 35.9 Å². The number of carbonyl (C=O) groups excluding carboxylic acids is 2. The summed E-state index contributed by atoms with van der Waals surface area (Å²) in [6.07, 6.45) is 0.581. The third kappa shape index (κ3) is 7.81. The monoisotopic (exact) mass is 553 g/mol. The van der Waals surface area contributed by atoms with Crippen LogP contribution in [0.5, 0.6) is 0 Å². The summed E-state index contributed by atoms with van der Waals surface area (Å²) in [6.45, 7) is 14.0. The van der Waals surface area contributed by atoms with E-state index in [1.807, 2.05) is 45.0 Å². The molecule has 2 aliphatic rings. The van der Waals surface area contributed by atoms with Gasteiger partial charge in [-0.3, -0.25) is 9.69 Å². The lowest BCUT2D eigenvalue weighted by atomic mass is 9.96. The largest absolute Gasteiger partial charge is 0.379 e. The van der Waals surface area contributed by atoms with Crippen molar-refractivity contribution in [1.82, 2.24) is 20.1 Å². The Morgan fingerprint density at radius 3 is 2.41 bits per heavy atom. The fourth-order valence-corrected chi connectivity index (χ4v) is 4.88. The predicted octanol–water partition coefficient (Wildman–Crippen LogP) is 4.78. The first-order chi connectivity index (χ1) is 18.5. The molecule has 9 heteroatoms. The van der Waals surface area contributed by atoms with Crippen molar-refractivity contribution >= 4 is 29.3 Å². The van der Waals surface area contributed by atoms with Crippen molar-refractivity contribution in [3.63, 3.8) is 0 Å². The molecule has 4 rings (SSSR count). The highest BCUT2D eigenvalue weighted by molar-refractivity contribution is 6.30. The first-order valence-corrected chi connectivity index (χ1v) is 14.0. The Bertz CT molecular complexity index is 1200. The highest BCUT2D eigenvalue weighted by Crippen LogP contribution is 2.34. The lowest BCUT2D eigenvalue weighted by molar-refractivity contribution is -0.133. The Morgan fingerprint density at radius 1 is 1.08 bits per heavy atom. The van der Waals surface area contributed by atoms with E-state index in [0.717, 1.165) is 29.9 Å². The summed E-state index contributed by atoms with van der Waals surface area (Å²) >= 11 is 6.16. The van der Waals surface area contributed by atoms with E-state index in [1.54, 1.807) is 9.91 Å². The number of amides is 3. The van der Waals surface area contributed by atoms with E-state index in [-0.39, 0.29) is 24.5 Å². The number of nitrogens with one attached hydrogen (secondary N) is 1. The van der Waals surface area contributed by atoms with E-state index >= 15 is 0 Å². The molecule has 0 bridgehead atoms. The quantitative estimate of drug-likeness (QED) is 0.535. The second kappa shape index (κ2) is 12.5. The van der Waals surface area contributed by atoms with Gasteiger partial charge in [0, 0.05) is 43.2 Å². The third-order valence-corrected chi connectivity index (χ3v) is 7.40. The lowest BCUT2D eigenvalue weighted by Crippen LogP contribution is -2.53. The molecule has 2 aromatic rings. The van der Waals surface area contributed by atoms with Gasteiger partial charge in [-0.15, -0.1) is 0 Å². The minimum absolute atomic E-state index is 0.0694. The zero-order valence-corrected chi connectivity index (χ0v) is 24.4. The van der Waals surface area contributed by atoms with Gasteiger partial charge in [0.15, 0.2) is 0 Å². The van der Waals surface area contributed by atoms with Crippen LogP contribution in [-0.2, 0) is 9.53 Å². The summed E-state index contributed by atoms with van der Waals surface area (Å²) in [6, 6.07) is 13.3. The molecule has 1 N–H and O–H groups in total. The second-order valence-corrected chi connectivity index (χ2v) is 11.8. The molecule has 0 saturated carbocycles. The van der Waals surface area contributed by atoms with E-state index in [0.29, 0.717) is 37.7 Å². The minimum Gasteiger partial charge on any atom is -0.379 e. The standard InChI is InChI=1S/C30H40ClN5O3/c1-21-6-7-24(18-22(21)2)26-19-27(23-8-10-25(31)11-9-23)36(33-26)28(37)20-35(29(38)32-30(3,4)5)13-12-34-14-16-39-17-15-34/h6-11,18,27H,12-17,19-20H2,1-5H3,(H,32,38). The van der Waals surface area contributed by atoms with Gasteiger partial charge in [-0.05, 0) is 75.1 Å². The SMILES string of the molecule is Cc1ccc(C2=NN(C(=O)CN(CCN3CCOCC3)C(=O)NC(C)(C)C)C(c3ccc(Cl)cc3)C2)cc1C. The van der Waals surface area contributed by atoms with Crippen LogP contribution in [0, 0.1) is 13.8 Å². The molecule has 0 aliphatic carbocycles. The number of nitrogens with zero attached hydrogens (tertiary/aromatic N) is 4. The summed E-state index contributed by atoms with van der Waals surface area (Å²) in [5.41, 5.74) is 4.77. The topological polar surface area (TPSA) is 77.5 Å². The molecule has 0 spiro atoms. The van der Waals surface area contributed by atoms with Crippen molar-refractivity contribution in [3.8, 4) is 0 Å². The predicted molar refractivity (Wildman–Crippen MR) is 155 cm³/mol. The molecule has 0 aromatic heterocycles. The summed E-state index contributed by atoms with van der Waals surface area (Å²) < 4.78 is 5.46. The highest BCUT2D eigenvalue weighted by Gasteiger charge is 2.35. The molecular formula is C30H40ClN5O3. The van der Waals surface area contributed by atoms with Gasteiger partial charge in [0.1, 0.15) is 6.54 Å². The molecule has 1 atom stereocenters. The Balaban J connectivity index is 1.58. The lowest BCUT2D eigenvalue weighted by Gasteiger charge is -2.32. The van der Waals surface area contributed by atoms with Crippen LogP contribution in [0.25, 0.3) is 0 Å². The average molecular weight is 554 g/mol. The van der Waals surface area contributed by atoms with Crippen LogP contribution in [-0.4, -0.2) is 83.9 Å². The molecule has 1 saturated heterocycles. The molecule has 2 heterocycles. The summed E-state index contributed by atoms with van der Waals surface area (Å²) in [4.78, 5) is 31.0. The van der Waals surface area contributed by atoms with E-state index in [9.17, 15) is 9.59 Å². The summed E-state index contributed by atoms with van der Waals surface area (Å²) in [5, 5.41) is 10.0. The summed E-state index contributed by atoms with van der Waals surface area (Å²) in [5.74, 6) is -0.222. The average Bonchev–Trinajstić information content (AvgIpc) is 3.34. The Morgan fingerprint density at radius 2 is 1.77 bits per heavy atom. The smallest absolute Gasteiger partial charge is 0.318 e. The van der Waals surface area contributed by atoms with Crippen molar-refractivity contribution < 1.29 is 14.3 Å². The van der Waals surface area contributed by atoms with Crippen molar-refractivity contribution in [3.05, 3.63) is 69.7 Å².